The van der Waals surface area contributed by atoms with Crippen LogP contribution >= 0.6 is 0 Å². The summed E-state index contributed by atoms with van der Waals surface area (Å²) in [7, 11) is 5.59. The number of anilines is 1. The van der Waals surface area contributed by atoms with E-state index in [1.54, 1.807) is 19.2 Å². The standard InChI is InChI=1S/C25H22N2O4/c1-14(28)15-5-8-18(21(11-15)25(29)30)24-19-9-6-16(26-2)12-22(19)31-23-13-17(27(3)4)7-10-20(23)24/h5-13H,1-4H3,(H,29,30). The predicted molar refractivity (Wildman–Crippen MR) is 121 cm³/mol. The maximum absolute atomic E-state index is 12.1. The Morgan fingerprint density at radius 1 is 0.968 bits per heavy atom. The van der Waals surface area contributed by atoms with Gasteiger partial charge in [0.05, 0.1) is 10.9 Å². The van der Waals surface area contributed by atoms with E-state index in [2.05, 4.69) is 4.99 Å². The van der Waals surface area contributed by atoms with Crippen LogP contribution < -0.4 is 10.3 Å². The highest BCUT2D eigenvalue weighted by Crippen LogP contribution is 2.42. The molecule has 0 aromatic heterocycles. The molecule has 6 nitrogen and oxygen atoms in total. The van der Waals surface area contributed by atoms with Gasteiger partial charge in [-0.2, -0.15) is 0 Å². The molecule has 6 heteroatoms. The number of carbonyl (C=O) groups excluding carboxylic acids is 1. The van der Waals surface area contributed by atoms with Gasteiger partial charge >= 0.3 is 5.97 Å². The monoisotopic (exact) mass is 414 g/mol. The van der Waals surface area contributed by atoms with Crippen LogP contribution in [0.1, 0.15) is 27.6 Å². The molecule has 1 aliphatic heterocycles. The summed E-state index contributed by atoms with van der Waals surface area (Å²) in [5.74, 6) is -0.671. The van der Waals surface area contributed by atoms with Gasteiger partial charge in [0, 0.05) is 61.0 Å². The minimum Gasteiger partial charge on any atom is -0.478 e. The van der Waals surface area contributed by atoms with E-state index in [4.69, 9.17) is 4.42 Å². The number of nitrogens with zero attached hydrogens (tertiary/aromatic N) is 2. The molecule has 2 aliphatic rings. The van der Waals surface area contributed by atoms with Gasteiger partial charge in [-0.05, 0) is 42.8 Å². The second-order valence-corrected chi connectivity index (χ2v) is 7.58. The van der Waals surface area contributed by atoms with E-state index in [-0.39, 0.29) is 11.3 Å². The topological polar surface area (TPSA) is 83.1 Å². The van der Waals surface area contributed by atoms with Crippen LogP contribution in [0.3, 0.4) is 0 Å². The Bertz CT molecular complexity index is 1380. The molecule has 0 bridgehead atoms. The van der Waals surface area contributed by atoms with E-state index in [1.807, 2.05) is 55.4 Å². The molecule has 2 aromatic carbocycles. The zero-order valence-corrected chi connectivity index (χ0v) is 17.8. The number of Topliss-reactive ketones (excluding diaryl/α,β-unsaturated/α-hetero) is 1. The smallest absolute Gasteiger partial charge is 0.336 e. The highest BCUT2D eigenvalue weighted by molar-refractivity contribution is 6.09. The highest BCUT2D eigenvalue weighted by Gasteiger charge is 2.22. The minimum absolute atomic E-state index is 0.0717. The first-order valence-electron chi connectivity index (χ1n) is 9.79. The summed E-state index contributed by atoms with van der Waals surface area (Å²) in [6.45, 7) is 1.42. The molecule has 0 atom stereocenters. The number of carboxylic acids is 1. The molecule has 0 unspecified atom stereocenters. The molecule has 1 N–H and O–H groups in total. The Labute approximate surface area is 179 Å². The van der Waals surface area contributed by atoms with Gasteiger partial charge in [0.1, 0.15) is 11.3 Å². The van der Waals surface area contributed by atoms with Crippen molar-refractivity contribution in [3.63, 3.8) is 0 Å². The van der Waals surface area contributed by atoms with Crippen molar-refractivity contribution in [2.45, 2.75) is 6.92 Å². The van der Waals surface area contributed by atoms with Crippen molar-refractivity contribution in [1.82, 2.24) is 0 Å². The van der Waals surface area contributed by atoms with Crippen molar-refractivity contribution in [2.75, 3.05) is 26.0 Å². The summed E-state index contributed by atoms with van der Waals surface area (Å²) < 4.78 is 6.22. The average molecular weight is 414 g/mol. The molecule has 4 rings (SSSR count). The van der Waals surface area contributed by atoms with Gasteiger partial charge < -0.3 is 14.4 Å². The lowest BCUT2D eigenvalue weighted by molar-refractivity contribution is 0.0697. The Morgan fingerprint density at radius 2 is 1.71 bits per heavy atom. The lowest BCUT2D eigenvalue weighted by Crippen LogP contribution is -2.09. The van der Waals surface area contributed by atoms with Crippen molar-refractivity contribution in [2.24, 2.45) is 4.99 Å². The van der Waals surface area contributed by atoms with Crippen LogP contribution in [0.15, 0.2) is 64.0 Å². The molecule has 0 spiro atoms. The Morgan fingerprint density at radius 3 is 2.35 bits per heavy atom. The normalized spacial score (nSPS) is 11.8. The largest absolute Gasteiger partial charge is 0.478 e. The van der Waals surface area contributed by atoms with Crippen molar-refractivity contribution in [3.05, 3.63) is 71.1 Å². The van der Waals surface area contributed by atoms with Crippen LogP contribution in [-0.2, 0) is 0 Å². The molecule has 1 aliphatic carbocycles. The van der Waals surface area contributed by atoms with Gasteiger partial charge in [-0.1, -0.05) is 12.1 Å². The SMILES string of the molecule is CN=c1ccc2c(-c3ccc(C(C)=O)cc3C(=O)O)c3ccc(N(C)C)cc3oc-2c1. The zero-order chi connectivity index (χ0) is 22.3. The summed E-state index contributed by atoms with van der Waals surface area (Å²) in [5.41, 5.74) is 4.08. The zero-order valence-electron chi connectivity index (χ0n) is 17.8. The number of ketones is 1. The fourth-order valence-electron chi connectivity index (χ4n) is 3.73. The molecular formula is C25H22N2O4. The number of aromatic carboxylic acids is 1. The number of benzene rings is 3. The van der Waals surface area contributed by atoms with Crippen LogP contribution in [0.4, 0.5) is 5.69 Å². The van der Waals surface area contributed by atoms with E-state index in [0.717, 1.165) is 27.6 Å². The summed E-state index contributed by atoms with van der Waals surface area (Å²) >= 11 is 0. The van der Waals surface area contributed by atoms with Crippen LogP contribution in [0.5, 0.6) is 0 Å². The first-order chi connectivity index (χ1) is 14.8. The van der Waals surface area contributed by atoms with Gasteiger partial charge in [-0.3, -0.25) is 9.79 Å². The number of hydrogen-bond donors (Lipinski definition) is 1. The maximum atomic E-state index is 12.1. The molecule has 31 heavy (non-hydrogen) atoms. The molecule has 0 saturated carbocycles. The second kappa shape index (κ2) is 7.72. The van der Waals surface area contributed by atoms with E-state index < -0.39 is 5.97 Å². The van der Waals surface area contributed by atoms with E-state index in [0.29, 0.717) is 22.5 Å². The highest BCUT2D eigenvalue weighted by atomic mass is 16.4. The second-order valence-electron chi connectivity index (χ2n) is 7.58. The number of fused-ring (bicyclic) bond motifs is 2. The summed E-state index contributed by atoms with van der Waals surface area (Å²) in [4.78, 5) is 30.2. The quantitative estimate of drug-likeness (QED) is 0.387. The lowest BCUT2D eigenvalue weighted by atomic mass is 9.89. The molecule has 2 aromatic rings. The molecule has 156 valence electrons. The van der Waals surface area contributed by atoms with E-state index in [9.17, 15) is 14.7 Å². The van der Waals surface area contributed by atoms with Crippen LogP contribution in [0.2, 0.25) is 0 Å². The summed E-state index contributed by atoms with van der Waals surface area (Å²) in [6.07, 6.45) is 0. The third-order valence-electron chi connectivity index (χ3n) is 5.39. The van der Waals surface area contributed by atoms with Gasteiger partial charge in [-0.25, -0.2) is 4.79 Å². The van der Waals surface area contributed by atoms with Crippen LogP contribution in [0, 0.1) is 0 Å². The van der Waals surface area contributed by atoms with Gasteiger partial charge in [0.25, 0.3) is 0 Å². The first-order valence-corrected chi connectivity index (χ1v) is 9.79. The molecule has 0 radical (unpaired) electrons. The number of rotatable bonds is 4. The molecular weight excluding hydrogens is 392 g/mol. The summed E-state index contributed by atoms with van der Waals surface area (Å²) in [6, 6.07) is 16.2. The molecule has 1 heterocycles. The maximum Gasteiger partial charge on any atom is 0.336 e. The Balaban J connectivity index is 2.16. The fourth-order valence-corrected chi connectivity index (χ4v) is 3.73. The van der Waals surface area contributed by atoms with Crippen LogP contribution in [0.25, 0.3) is 33.4 Å². The first kappa shape index (κ1) is 20.3. The number of carboxylic acid groups (broad SMARTS) is 1. The fraction of sp³-hybridized carbons (Fsp3) is 0.160. The third-order valence-corrected chi connectivity index (χ3v) is 5.39. The molecule has 0 amide bonds. The van der Waals surface area contributed by atoms with Gasteiger partial charge in [0.2, 0.25) is 0 Å². The molecule has 0 fully saturated rings. The molecule has 0 saturated heterocycles. The Kier molecular flexibility index (Phi) is 5.07. The van der Waals surface area contributed by atoms with E-state index in [1.165, 1.54) is 13.0 Å². The summed E-state index contributed by atoms with van der Waals surface area (Å²) in [5, 5.41) is 11.5. The van der Waals surface area contributed by atoms with E-state index >= 15 is 0 Å². The number of carbonyl (C=O) groups is 2. The van der Waals surface area contributed by atoms with Gasteiger partial charge in [0.15, 0.2) is 5.78 Å². The Hall–Kier alpha value is -3.93. The lowest BCUT2D eigenvalue weighted by Gasteiger charge is -2.19. The average Bonchev–Trinajstić information content (AvgIpc) is 2.76. The predicted octanol–water partition coefficient (Wildman–Crippen LogP) is 4.70. The van der Waals surface area contributed by atoms with Crippen molar-refractivity contribution in [1.29, 1.82) is 0 Å². The third kappa shape index (κ3) is 3.57. The van der Waals surface area contributed by atoms with Crippen molar-refractivity contribution >= 4 is 28.4 Å². The van der Waals surface area contributed by atoms with Crippen LogP contribution in [-0.4, -0.2) is 38.0 Å². The van der Waals surface area contributed by atoms with Crippen molar-refractivity contribution < 1.29 is 19.1 Å². The minimum atomic E-state index is -1.09. The van der Waals surface area contributed by atoms with Gasteiger partial charge in [-0.15, -0.1) is 0 Å². The van der Waals surface area contributed by atoms with Crippen molar-refractivity contribution in [3.8, 4) is 22.5 Å². The number of hydrogen-bond acceptors (Lipinski definition) is 5.